The fourth-order valence-electron chi connectivity index (χ4n) is 2.91. The van der Waals surface area contributed by atoms with Gasteiger partial charge < -0.3 is 20.5 Å². The molecule has 2 amide bonds. The van der Waals surface area contributed by atoms with Gasteiger partial charge in [0.25, 0.3) is 0 Å². The van der Waals surface area contributed by atoms with Crippen molar-refractivity contribution < 1.29 is 19.4 Å². The quantitative estimate of drug-likeness (QED) is 0.551. The van der Waals surface area contributed by atoms with Gasteiger partial charge in [0, 0.05) is 12.6 Å². The van der Waals surface area contributed by atoms with Crippen LogP contribution in [0.3, 0.4) is 0 Å². The molecule has 0 saturated heterocycles. The van der Waals surface area contributed by atoms with E-state index in [2.05, 4.69) is 10.6 Å². The minimum absolute atomic E-state index is 0.175. The maximum absolute atomic E-state index is 12.1. The summed E-state index contributed by atoms with van der Waals surface area (Å²) in [7, 11) is 0. The lowest BCUT2D eigenvalue weighted by molar-refractivity contribution is -0.141. The van der Waals surface area contributed by atoms with Gasteiger partial charge in [-0.15, -0.1) is 0 Å². The highest BCUT2D eigenvalue weighted by Crippen LogP contribution is 2.18. The van der Waals surface area contributed by atoms with Crippen LogP contribution in [0.15, 0.2) is 24.3 Å². The van der Waals surface area contributed by atoms with E-state index in [0.717, 1.165) is 44.1 Å². The van der Waals surface area contributed by atoms with E-state index >= 15 is 0 Å². The van der Waals surface area contributed by atoms with Crippen molar-refractivity contribution in [2.24, 2.45) is 0 Å². The summed E-state index contributed by atoms with van der Waals surface area (Å²) in [5, 5.41) is 15.6. The van der Waals surface area contributed by atoms with Crippen molar-refractivity contribution in [1.82, 2.24) is 5.32 Å². The Kier molecular flexibility index (Phi) is 7.06. The largest absolute Gasteiger partial charge is 0.466 e. The summed E-state index contributed by atoms with van der Waals surface area (Å²) in [6.45, 7) is 1.79. The van der Waals surface area contributed by atoms with Crippen molar-refractivity contribution in [3.8, 4) is 0 Å². The number of ether oxygens (including phenoxy) is 1. The number of hydrogen-bond acceptors (Lipinski definition) is 4. The number of hydrogen-bond donors (Lipinski definition) is 3. The maximum atomic E-state index is 12.1. The average Bonchev–Trinajstić information content (AvgIpc) is 2.54. The van der Waals surface area contributed by atoms with Crippen LogP contribution in [0.25, 0.3) is 0 Å². The molecule has 2 atom stereocenters. The summed E-state index contributed by atoms with van der Waals surface area (Å²) < 4.78 is 4.91. The predicted molar refractivity (Wildman–Crippen MR) is 91.8 cm³/mol. The van der Waals surface area contributed by atoms with Gasteiger partial charge in [0.2, 0.25) is 0 Å². The lowest BCUT2D eigenvalue weighted by atomic mass is 9.93. The van der Waals surface area contributed by atoms with Crippen molar-refractivity contribution in [2.75, 3.05) is 11.9 Å². The number of aryl methyl sites for hydroxylation is 1. The minimum atomic E-state index is -0.461. The fourth-order valence-corrected chi connectivity index (χ4v) is 2.91. The molecule has 0 radical (unpaired) electrons. The van der Waals surface area contributed by atoms with Gasteiger partial charge in [-0.25, -0.2) is 4.79 Å². The third-order valence-electron chi connectivity index (χ3n) is 4.15. The molecule has 24 heavy (non-hydrogen) atoms. The summed E-state index contributed by atoms with van der Waals surface area (Å²) in [4.78, 5) is 22.8. The summed E-state index contributed by atoms with van der Waals surface area (Å²) >= 11 is 0. The first-order valence-corrected chi connectivity index (χ1v) is 8.52. The van der Waals surface area contributed by atoms with Crippen LogP contribution < -0.4 is 10.6 Å². The Bertz CT molecular complexity index is 562. The van der Waals surface area contributed by atoms with Crippen LogP contribution in [-0.4, -0.2) is 35.9 Å². The van der Waals surface area contributed by atoms with Gasteiger partial charge in [-0.05, 0) is 43.4 Å². The molecule has 0 heterocycles. The number of carbonyl (C=O) groups is 2. The smallest absolute Gasteiger partial charge is 0.319 e. The van der Waals surface area contributed by atoms with Crippen LogP contribution in [0.4, 0.5) is 10.5 Å². The molecule has 0 unspecified atom stereocenters. The van der Waals surface area contributed by atoms with Crippen LogP contribution in [0, 0.1) is 0 Å². The molecule has 1 aliphatic rings. The van der Waals surface area contributed by atoms with E-state index in [-0.39, 0.29) is 18.0 Å². The minimum Gasteiger partial charge on any atom is -0.466 e. The average molecular weight is 334 g/mol. The van der Waals surface area contributed by atoms with Crippen LogP contribution in [0.1, 0.15) is 44.6 Å². The first-order chi connectivity index (χ1) is 11.5. The van der Waals surface area contributed by atoms with Crippen LogP contribution in [0.2, 0.25) is 0 Å². The second kappa shape index (κ2) is 9.27. The van der Waals surface area contributed by atoms with Crippen molar-refractivity contribution in [1.29, 1.82) is 0 Å². The number of amides is 2. The molecule has 0 aromatic heterocycles. The normalized spacial score (nSPS) is 20.2. The molecule has 1 saturated carbocycles. The van der Waals surface area contributed by atoms with Crippen LogP contribution in [0.5, 0.6) is 0 Å². The number of benzene rings is 1. The second-order valence-electron chi connectivity index (χ2n) is 6.20. The summed E-state index contributed by atoms with van der Waals surface area (Å²) in [5.41, 5.74) is 1.78. The lowest BCUT2D eigenvalue weighted by Crippen LogP contribution is -2.46. The Morgan fingerprint density at radius 1 is 1.29 bits per heavy atom. The molecular formula is C18H26N2O4. The third-order valence-corrected chi connectivity index (χ3v) is 4.15. The Balaban J connectivity index is 1.80. The molecule has 1 aromatic carbocycles. The molecule has 3 N–H and O–H groups in total. The molecule has 1 fully saturated rings. The number of anilines is 1. The van der Waals surface area contributed by atoms with E-state index in [1.807, 2.05) is 24.3 Å². The fraction of sp³-hybridized carbons (Fsp3) is 0.556. The highest BCUT2D eigenvalue weighted by atomic mass is 16.5. The predicted octanol–water partition coefficient (Wildman–Crippen LogP) is 2.61. The zero-order chi connectivity index (χ0) is 17.4. The van der Waals surface area contributed by atoms with E-state index in [1.165, 1.54) is 6.92 Å². The van der Waals surface area contributed by atoms with Crippen LogP contribution in [-0.2, 0) is 16.0 Å². The number of carbonyl (C=O) groups excluding carboxylic acids is 2. The Hall–Kier alpha value is -2.08. The van der Waals surface area contributed by atoms with Gasteiger partial charge in [0.1, 0.15) is 0 Å². The molecular weight excluding hydrogens is 308 g/mol. The molecule has 6 nitrogen and oxygen atoms in total. The zero-order valence-corrected chi connectivity index (χ0v) is 14.1. The number of urea groups is 1. The van der Waals surface area contributed by atoms with Crippen molar-refractivity contribution in [2.45, 2.75) is 57.6 Å². The molecule has 0 aliphatic heterocycles. The standard InChI is InChI=1S/C18H26N2O4/c1-13(21)24-11-5-7-14-6-4-8-15(12-14)19-18(23)20-16-9-2-3-10-17(16)22/h4,6,8,12,16-17,22H,2-3,5,7,9-11H2,1H3,(H2,19,20,23)/t16-,17+/m0/s1. The van der Waals surface area contributed by atoms with E-state index < -0.39 is 6.10 Å². The van der Waals surface area contributed by atoms with Gasteiger partial charge in [-0.2, -0.15) is 0 Å². The van der Waals surface area contributed by atoms with Gasteiger partial charge >= 0.3 is 12.0 Å². The van der Waals surface area contributed by atoms with Gasteiger partial charge in [0.05, 0.1) is 18.8 Å². The first-order valence-electron chi connectivity index (χ1n) is 8.52. The van der Waals surface area contributed by atoms with Crippen molar-refractivity contribution >= 4 is 17.7 Å². The second-order valence-corrected chi connectivity index (χ2v) is 6.20. The molecule has 6 heteroatoms. The molecule has 1 aliphatic carbocycles. The van der Waals surface area contributed by atoms with Gasteiger partial charge in [-0.3, -0.25) is 4.79 Å². The molecule has 132 valence electrons. The number of rotatable bonds is 6. The monoisotopic (exact) mass is 334 g/mol. The molecule has 1 aromatic rings. The summed E-state index contributed by atoms with van der Waals surface area (Å²) in [6, 6.07) is 7.12. The van der Waals surface area contributed by atoms with Gasteiger partial charge in [-0.1, -0.05) is 25.0 Å². The van der Waals surface area contributed by atoms with Gasteiger partial charge in [0.15, 0.2) is 0 Å². The highest BCUT2D eigenvalue weighted by Gasteiger charge is 2.24. The van der Waals surface area contributed by atoms with E-state index in [0.29, 0.717) is 12.3 Å². The first kappa shape index (κ1) is 18.3. The number of aliphatic hydroxyl groups is 1. The van der Waals surface area contributed by atoms with E-state index in [1.54, 1.807) is 0 Å². The third kappa shape index (κ3) is 6.20. The molecule has 2 rings (SSSR count). The summed E-state index contributed by atoms with van der Waals surface area (Å²) in [5.74, 6) is -0.271. The SMILES string of the molecule is CC(=O)OCCCc1cccc(NC(=O)N[C@H]2CCCC[C@H]2O)c1. The van der Waals surface area contributed by atoms with Crippen molar-refractivity contribution in [3.63, 3.8) is 0 Å². The lowest BCUT2D eigenvalue weighted by Gasteiger charge is -2.28. The Labute approximate surface area is 142 Å². The van der Waals surface area contributed by atoms with Crippen LogP contribution >= 0.6 is 0 Å². The number of nitrogens with one attached hydrogen (secondary N) is 2. The Morgan fingerprint density at radius 3 is 2.83 bits per heavy atom. The van der Waals surface area contributed by atoms with E-state index in [4.69, 9.17) is 4.74 Å². The highest BCUT2D eigenvalue weighted by molar-refractivity contribution is 5.89. The topological polar surface area (TPSA) is 87.7 Å². The number of esters is 1. The maximum Gasteiger partial charge on any atom is 0.319 e. The molecule has 0 bridgehead atoms. The number of aliphatic hydroxyl groups excluding tert-OH is 1. The van der Waals surface area contributed by atoms with E-state index in [9.17, 15) is 14.7 Å². The summed E-state index contributed by atoms with van der Waals surface area (Å²) in [6.07, 6.45) is 4.64. The Morgan fingerprint density at radius 2 is 2.08 bits per heavy atom. The van der Waals surface area contributed by atoms with Crippen molar-refractivity contribution in [3.05, 3.63) is 29.8 Å². The molecule has 0 spiro atoms. The zero-order valence-electron chi connectivity index (χ0n) is 14.1.